The molecule has 0 spiro atoms. The summed E-state index contributed by atoms with van der Waals surface area (Å²) in [5.74, 6) is -0.699. The highest BCUT2D eigenvalue weighted by Crippen LogP contribution is 2.42. The highest BCUT2D eigenvalue weighted by Gasteiger charge is 2.38. The molecule has 0 radical (unpaired) electrons. The molecule has 0 fully saturated rings. The number of hydrogen-bond donors (Lipinski definition) is 2. The largest absolute Gasteiger partial charge is 0.496 e. The lowest BCUT2D eigenvalue weighted by molar-refractivity contribution is -0.141. The first-order valence-corrected chi connectivity index (χ1v) is 11.0. The van der Waals surface area contributed by atoms with E-state index in [0.717, 1.165) is 4.68 Å². The molecule has 3 aromatic heterocycles. The highest BCUT2D eigenvalue weighted by molar-refractivity contribution is 6.31. The highest BCUT2D eigenvalue weighted by atomic mass is 35.5. The van der Waals surface area contributed by atoms with E-state index < -0.39 is 29.2 Å². The van der Waals surface area contributed by atoms with Crippen LogP contribution in [0.2, 0.25) is 5.02 Å². The smallest absolute Gasteiger partial charge is 0.435 e. The fourth-order valence-corrected chi connectivity index (χ4v) is 4.45. The zero-order chi connectivity index (χ0) is 25.7. The number of benzene rings is 1. The number of halogens is 5. The first-order chi connectivity index (χ1) is 16.3. The van der Waals surface area contributed by atoms with Gasteiger partial charge < -0.3 is 14.8 Å². The van der Waals surface area contributed by atoms with Crippen molar-refractivity contribution in [1.82, 2.24) is 19.7 Å². The van der Waals surface area contributed by atoms with Crippen LogP contribution in [0.4, 0.5) is 17.6 Å². The van der Waals surface area contributed by atoms with Crippen molar-refractivity contribution in [3.63, 3.8) is 0 Å². The molecule has 0 aliphatic rings. The van der Waals surface area contributed by atoms with E-state index in [1.165, 1.54) is 45.5 Å². The van der Waals surface area contributed by atoms with Crippen molar-refractivity contribution in [3.8, 4) is 16.9 Å². The number of ether oxygens (including phenoxy) is 1. The van der Waals surface area contributed by atoms with Crippen LogP contribution in [-0.2, 0) is 12.7 Å². The topological polar surface area (TPSA) is 76.0 Å². The van der Waals surface area contributed by atoms with Gasteiger partial charge in [-0.05, 0) is 37.6 Å². The van der Waals surface area contributed by atoms with Crippen LogP contribution in [-0.4, -0.2) is 37.6 Å². The molecule has 1 atom stereocenters. The Hall–Kier alpha value is -3.11. The predicted molar refractivity (Wildman–Crippen MR) is 124 cm³/mol. The third-order valence-corrected chi connectivity index (χ3v) is 6.05. The Balaban J connectivity index is 1.86. The quantitative estimate of drug-likeness (QED) is 0.304. The van der Waals surface area contributed by atoms with Gasteiger partial charge in [-0.1, -0.05) is 18.5 Å². The number of aromatic nitrogens is 4. The lowest BCUT2D eigenvalue weighted by atomic mass is 9.91. The minimum absolute atomic E-state index is 0.0948. The summed E-state index contributed by atoms with van der Waals surface area (Å²) in [7, 11) is 1.44. The van der Waals surface area contributed by atoms with E-state index in [1.54, 1.807) is 19.2 Å². The van der Waals surface area contributed by atoms with Crippen LogP contribution < -0.4 is 4.74 Å². The molecule has 11 heteroatoms. The van der Waals surface area contributed by atoms with Crippen molar-refractivity contribution in [3.05, 3.63) is 64.5 Å². The van der Waals surface area contributed by atoms with Gasteiger partial charge in [0.2, 0.25) is 0 Å². The van der Waals surface area contributed by atoms with Crippen molar-refractivity contribution in [1.29, 1.82) is 0 Å². The van der Waals surface area contributed by atoms with E-state index in [1.807, 2.05) is 0 Å². The van der Waals surface area contributed by atoms with E-state index in [9.17, 15) is 22.7 Å². The molecule has 35 heavy (non-hydrogen) atoms. The summed E-state index contributed by atoms with van der Waals surface area (Å²) in [4.78, 5) is 7.30. The Bertz CT molecular complexity index is 1390. The van der Waals surface area contributed by atoms with E-state index in [-0.39, 0.29) is 22.7 Å². The maximum atomic E-state index is 14.2. The third-order valence-electron chi connectivity index (χ3n) is 5.67. The Labute approximate surface area is 203 Å². The molecule has 0 aliphatic carbocycles. The Morgan fingerprint density at radius 3 is 2.60 bits per heavy atom. The number of methoxy groups -OCH3 is 1. The van der Waals surface area contributed by atoms with Gasteiger partial charge in [-0.15, -0.1) is 0 Å². The molecular formula is C24H23ClF4N4O2. The third kappa shape index (κ3) is 4.85. The Morgan fingerprint density at radius 1 is 1.26 bits per heavy atom. The van der Waals surface area contributed by atoms with E-state index in [2.05, 4.69) is 15.1 Å². The Morgan fingerprint density at radius 2 is 1.97 bits per heavy atom. The lowest BCUT2D eigenvalue weighted by Gasteiger charge is -2.17. The molecule has 0 aliphatic heterocycles. The molecule has 3 heterocycles. The van der Waals surface area contributed by atoms with Crippen LogP contribution in [0.25, 0.3) is 22.2 Å². The number of aliphatic hydroxyl groups is 1. The molecular weight excluding hydrogens is 488 g/mol. The van der Waals surface area contributed by atoms with Gasteiger partial charge in [0.05, 0.1) is 24.3 Å². The minimum Gasteiger partial charge on any atom is -0.496 e. The number of rotatable bonds is 6. The maximum Gasteiger partial charge on any atom is 0.435 e. The van der Waals surface area contributed by atoms with Crippen LogP contribution in [0.15, 0.2) is 36.8 Å². The number of pyridine rings is 1. The maximum absolute atomic E-state index is 14.2. The molecule has 1 aromatic carbocycles. The van der Waals surface area contributed by atoms with Crippen LogP contribution in [0.1, 0.15) is 43.5 Å². The molecule has 186 valence electrons. The molecule has 6 nitrogen and oxygen atoms in total. The SMILES string of the molecule is COc1ccc(F)c(Cl)c1[C@@H](C)c1c[nH]c2ncc(-c3cn(CC(C)(C)O)nc3C(F)(F)F)cc12. The summed E-state index contributed by atoms with van der Waals surface area (Å²) in [6, 6.07) is 4.25. The van der Waals surface area contributed by atoms with Gasteiger partial charge in [-0.2, -0.15) is 18.3 Å². The lowest BCUT2D eigenvalue weighted by Crippen LogP contribution is -2.26. The standard InChI is InChI=1S/C24H23ClF4N4O2/c1-12(19-18(35-4)6-5-17(26)20(19)25)15-9-31-22-14(15)7-13(8-30-22)16-10-33(11-23(2,3)34)32-21(16)24(27,28)29/h5-10,12,34H,11H2,1-4H3,(H,30,31)/t12-/m0/s1. The van der Waals surface area contributed by atoms with Crippen molar-refractivity contribution in [2.24, 2.45) is 0 Å². The molecule has 4 aromatic rings. The second-order valence-corrected chi connectivity index (χ2v) is 9.34. The molecule has 2 N–H and O–H groups in total. The van der Waals surface area contributed by atoms with Crippen molar-refractivity contribution in [2.45, 2.75) is 45.0 Å². The van der Waals surface area contributed by atoms with Crippen LogP contribution in [0, 0.1) is 5.82 Å². The normalized spacial score (nSPS) is 13.4. The average Bonchev–Trinajstić information content (AvgIpc) is 3.37. The summed E-state index contributed by atoms with van der Waals surface area (Å²) < 4.78 is 62.1. The zero-order valence-corrected chi connectivity index (χ0v) is 20.1. The number of hydrogen-bond acceptors (Lipinski definition) is 4. The van der Waals surface area contributed by atoms with E-state index in [4.69, 9.17) is 16.3 Å². The number of alkyl halides is 3. The van der Waals surface area contributed by atoms with Gasteiger partial charge in [0.15, 0.2) is 5.69 Å². The molecule has 0 bridgehead atoms. The van der Waals surface area contributed by atoms with Crippen molar-refractivity contribution < 1.29 is 27.4 Å². The molecule has 0 amide bonds. The summed E-state index contributed by atoms with van der Waals surface area (Å²) >= 11 is 6.26. The Kier molecular flexibility index (Phi) is 6.31. The average molecular weight is 511 g/mol. The molecule has 4 rings (SSSR count). The number of nitrogens with one attached hydrogen (secondary N) is 1. The second-order valence-electron chi connectivity index (χ2n) is 8.96. The number of fused-ring (bicyclic) bond motifs is 1. The minimum atomic E-state index is -4.72. The second kappa shape index (κ2) is 8.83. The summed E-state index contributed by atoms with van der Waals surface area (Å²) in [6.07, 6.45) is -0.489. The van der Waals surface area contributed by atoms with E-state index >= 15 is 0 Å². The molecule has 0 unspecified atom stereocenters. The van der Waals surface area contributed by atoms with Gasteiger partial charge in [0, 0.05) is 46.6 Å². The molecule has 0 saturated carbocycles. The van der Waals surface area contributed by atoms with Crippen molar-refractivity contribution >= 4 is 22.6 Å². The number of aromatic amines is 1. The van der Waals surface area contributed by atoms with Gasteiger partial charge in [0.1, 0.15) is 17.2 Å². The van der Waals surface area contributed by atoms with Crippen LogP contribution in [0.5, 0.6) is 5.75 Å². The van der Waals surface area contributed by atoms with Crippen LogP contribution >= 0.6 is 11.6 Å². The summed E-state index contributed by atoms with van der Waals surface area (Å²) in [6.45, 7) is 4.63. The van der Waals surface area contributed by atoms with Crippen molar-refractivity contribution in [2.75, 3.05) is 7.11 Å². The monoisotopic (exact) mass is 510 g/mol. The zero-order valence-electron chi connectivity index (χ0n) is 19.3. The first kappa shape index (κ1) is 25.0. The summed E-state index contributed by atoms with van der Waals surface area (Å²) in [5.41, 5.74) is -0.815. The first-order valence-electron chi connectivity index (χ1n) is 10.7. The fraction of sp³-hybridized carbons (Fsp3) is 0.333. The van der Waals surface area contributed by atoms with Gasteiger partial charge in [0.25, 0.3) is 0 Å². The predicted octanol–water partition coefficient (Wildman–Crippen LogP) is 6.17. The van der Waals surface area contributed by atoms with Gasteiger partial charge in [-0.25, -0.2) is 9.37 Å². The summed E-state index contributed by atoms with van der Waals surface area (Å²) in [5, 5.41) is 14.2. The van der Waals surface area contributed by atoms with Gasteiger partial charge in [-0.3, -0.25) is 4.68 Å². The fourth-order valence-electron chi connectivity index (χ4n) is 4.13. The van der Waals surface area contributed by atoms with Crippen LogP contribution in [0.3, 0.4) is 0 Å². The molecule has 0 saturated heterocycles. The number of nitrogens with zero attached hydrogens (tertiary/aromatic N) is 3. The van der Waals surface area contributed by atoms with E-state index in [0.29, 0.717) is 27.9 Å². The van der Waals surface area contributed by atoms with Gasteiger partial charge >= 0.3 is 6.18 Å². The number of H-pyrrole nitrogens is 1.